The third-order valence-corrected chi connectivity index (χ3v) is 3.51. The molecule has 0 spiro atoms. The molecule has 0 radical (unpaired) electrons. The zero-order valence-electron chi connectivity index (χ0n) is 14.8. The van der Waals surface area contributed by atoms with Crippen LogP contribution in [0.1, 0.15) is 24.3 Å². The molecule has 2 amide bonds. The quantitative estimate of drug-likeness (QED) is 0.718. The Kier molecular flexibility index (Phi) is 6.90. The SMILES string of the molecule is CCNC(=O)[C@H](C)NC(=O)c1ccc(=O)n(CCOc2ccccc2)n1. The van der Waals surface area contributed by atoms with Crippen LogP contribution in [-0.2, 0) is 11.3 Å². The van der Waals surface area contributed by atoms with Crippen LogP contribution in [0.4, 0.5) is 0 Å². The first-order valence-corrected chi connectivity index (χ1v) is 8.36. The van der Waals surface area contributed by atoms with Crippen molar-refractivity contribution in [2.24, 2.45) is 0 Å². The number of likely N-dealkylation sites (N-methyl/N-ethyl adjacent to an activating group) is 1. The highest BCUT2D eigenvalue weighted by molar-refractivity contribution is 5.95. The van der Waals surface area contributed by atoms with Gasteiger partial charge < -0.3 is 15.4 Å². The standard InChI is InChI=1S/C18H22N4O4/c1-3-19-17(24)13(2)20-18(25)15-9-10-16(23)22(21-15)11-12-26-14-7-5-4-6-8-14/h4-10,13H,3,11-12H2,1-2H3,(H,19,24)(H,20,25)/t13-/m0/s1. The van der Waals surface area contributed by atoms with Gasteiger partial charge in [0.2, 0.25) is 5.91 Å². The van der Waals surface area contributed by atoms with E-state index in [-0.39, 0.29) is 30.3 Å². The van der Waals surface area contributed by atoms with E-state index in [2.05, 4.69) is 15.7 Å². The van der Waals surface area contributed by atoms with Crippen LogP contribution in [-0.4, -0.2) is 40.8 Å². The highest BCUT2D eigenvalue weighted by Gasteiger charge is 2.17. The number of carbonyl (C=O) groups excluding carboxylic acids is 2. The summed E-state index contributed by atoms with van der Waals surface area (Å²) in [7, 11) is 0. The van der Waals surface area contributed by atoms with Crippen LogP contribution in [0.2, 0.25) is 0 Å². The Hall–Kier alpha value is -3.16. The lowest BCUT2D eigenvalue weighted by atomic mass is 10.3. The largest absolute Gasteiger partial charge is 0.492 e. The zero-order chi connectivity index (χ0) is 18.9. The fourth-order valence-electron chi connectivity index (χ4n) is 2.16. The van der Waals surface area contributed by atoms with Crippen LogP contribution in [0.3, 0.4) is 0 Å². The van der Waals surface area contributed by atoms with Crippen molar-refractivity contribution in [2.75, 3.05) is 13.2 Å². The maximum absolute atomic E-state index is 12.2. The van der Waals surface area contributed by atoms with Crippen LogP contribution < -0.4 is 20.9 Å². The van der Waals surface area contributed by atoms with E-state index >= 15 is 0 Å². The molecule has 2 aromatic rings. The number of nitrogens with one attached hydrogen (secondary N) is 2. The first kappa shape index (κ1) is 19.2. The van der Waals surface area contributed by atoms with Crippen molar-refractivity contribution in [3.63, 3.8) is 0 Å². The lowest BCUT2D eigenvalue weighted by Gasteiger charge is -2.13. The van der Waals surface area contributed by atoms with E-state index in [0.717, 1.165) is 4.68 Å². The number of hydrogen-bond donors (Lipinski definition) is 2. The van der Waals surface area contributed by atoms with E-state index in [1.54, 1.807) is 13.8 Å². The molecule has 0 aliphatic heterocycles. The summed E-state index contributed by atoms with van der Waals surface area (Å²) in [4.78, 5) is 35.8. The van der Waals surface area contributed by atoms with Crippen LogP contribution in [0.25, 0.3) is 0 Å². The van der Waals surface area contributed by atoms with Crippen molar-refractivity contribution in [1.29, 1.82) is 0 Å². The van der Waals surface area contributed by atoms with Gasteiger partial charge in [0.25, 0.3) is 11.5 Å². The Labute approximate surface area is 151 Å². The van der Waals surface area contributed by atoms with Crippen molar-refractivity contribution in [3.05, 3.63) is 58.5 Å². The minimum atomic E-state index is -0.703. The molecule has 1 aromatic carbocycles. The van der Waals surface area contributed by atoms with Crippen molar-refractivity contribution in [3.8, 4) is 5.75 Å². The van der Waals surface area contributed by atoms with Gasteiger partial charge in [0.15, 0.2) is 0 Å². The third kappa shape index (κ3) is 5.44. The summed E-state index contributed by atoms with van der Waals surface area (Å²) < 4.78 is 6.70. The van der Waals surface area contributed by atoms with Crippen LogP contribution >= 0.6 is 0 Å². The Morgan fingerprint density at radius 2 is 1.92 bits per heavy atom. The molecule has 138 valence electrons. The Balaban J connectivity index is 1.98. The average molecular weight is 358 g/mol. The molecule has 0 unspecified atom stereocenters. The van der Waals surface area contributed by atoms with Crippen molar-refractivity contribution in [1.82, 2.24) is 20.4 Å². The molecule has 1 atom stereocenters. The van der Waals surface area contributed by atoms with Gasteiger partial charge in [-0.2, -0.15) is 5.10 Å². The van der Waals surface area contributed by atoms with E-state index < -0.39 is 11.9 Å². The summed E-state index contributed by atoms with van der Waals surface area (Å²) in [5, 5.41) is 9.21. The van der Waals surface area contributed by atoms with E-state index in [1.807, 2.05) is 30.3 Å². The summed E-state index contributed by atoms with van der Waals surface area (Å²) in [6.07, 6.45) is 0. The average Bonchev–Trinajstić information content (AvgIpc) is 2.64. The lowest BCUT2D eigenvalue weighted by Crippen LogP contribution is -2.45. The van der Waals surface area contributed by atoms with Gasteiger partial charge in [0.05, 0.1) is 6.54 Å². The van der Waals surface area contributed by atoms with Gasteiger partial charge in [-0.1, -0.05) is 18.2 Å². The van der Waals surface area contributed by atoms with Crippen molar-refractivity contribution in [2.45, 2.75) is 26.4 Å². The predicted molar refractivity (Wildman–Crippen MR) is 96.0 cm³/mol. The number of carbonyl (C=O) groups is 2. The number of rotatable bonds is 8. The summed E-state index contributed by atoms with van der Waals surface area (Å²) in [6.45, 7) is 4.27. The lowest BCUT2D eigenvalue weighted by molar-refractivity contribution is -0.122. The third-order valence-electron chi connectivity index (χ3n) is 3.51. The predicted octanol–water partition coefficient (Wildman–Crippen LogP) is 0.577. The van der Waals surface area contributed by atoms with Gasteiger partial charge in [-0.05, 0) is 32.0 Å². The Bertz CT molecular complexity index is 804. The van der Waals surface area contributed by atoms with Crippen LogP contribution in [0, 0.1) is 0 Å². The second-order valence-electron chi connectivity index (χ2n) is 5.53. The summed E-state index contributed by atoms with van der Waals surface area (Å²) >= 11 is 0. The number of hydrogen-bond acceptors (Lipinski definition) is 5. The number of amides is 2. The normalized spacial score (nSPS) is 11.5. The molecule has 1 aromatic heterocycles. The highest BCUT2D eigenvalue weighted by Crippen LogP contribution is 2.07. The van der Waals surface area contributed by atoms with Gasteiger partial charge in [0, 0.05) is 12.6 Å². The monoisotopic (exact) mass is 358 g/mol. The molecule has 8 nitrogen and oxygen atoms in total. The number of ether oxygens (including phenoxy) is 1. The molecule has 0 fully saturated rings. The van der Waals surface area contributed by atoms with Gasteiger partial charge in [-0.25, -0.2) is 4.68 Å². The van der Waals surface area contributed by atoms with Crippen LogP contribution in [0.5, 0.6) is 5.75 Å². The maximum atomic E-state index is 12.2. The molecule has 1 heterocycles. The molecular formula is C18H22N4O4. The summed E-state index contributed by atoms with van der Waals surface area (Å²) in [5.74, 6) is -0.128. The zero-order valence-corrected chi connectivity index (χ0v) is 14.8. The van der Waals surface area contributed by atoms with Gasteiger partial charge >= 0.3 is 0 Å². The van der Waals surface area contributed by atoms with Gasteiger partial charge in [-0.15, -0.1) is 0 Å². The second kappa shape index (κ2) is 9.36. The first-order chi connectivity index (χ1) is 12.5. The Morgan fingerprint density at radius 3 is 2.62 bits per heavy atom. The van der Waals surface area contributed by atoms with E-state index in [1.165, 1.54) is 12.1 Å². The molecule has 8 heteroatoms. The number of para-hydroxylation sites is 1. The molecule has 2 rings (SSSR count). The fourth-order valence-corrected chi connectivity index (χ4v) is 2.16. The number of aromatic nitrogens is 2. The summed E-state index contributed by atoms with van der Waals surface area (Å²) in [5.41, 5.74) is -0.282. The number of benzene rings is 1. The topological polar surface area (TPSA) is 102 Å². The molecule has 0 aliphatic carbocycles. The van der Waals surface area contributed by atoms with Crippen LogP contribution in [0.15, 0.2) is 47.3 Å². The van der Waals surface area contributed by atoms with E-state index in [0.29, 0.717) is 12.3 Å². The van der Waals surface area contributed by atoms with E-state index in [9.17, 15) is 14.4 Å². The maximum Gasteiger partial charge on any atom is 0.272 e. The smallest absolute Gasteiger partial charge is 0.272 e. The molecular weight excluding hydrogens is 336 g/mol. The molecule has 0 aliphatic rings. The highest BCUT2D eigenvalue weighted by atomic mass is 16.5. The summed E-state index contributed by atoms with van der Waals surface area (Å²) in [6, 6.07) is 11.1. The van der Waals surface area contributed by atoms with Crippen molar-refractivity contribution < 1.29 is 14.3 Å². The molecule has 26 heavy (non-hydrogen) atoms. The van der Waals surface area contributed by atoms with Gasteiger partial charge in [0.1, 0.15) is 24.1 Å². The molecule has 0 saturated heterocycles. The Morgan fingerprint density at radius 1 is 1.19 bits per heavy atom. The number of nitrogens with zero attached hydrogens (tertiary/aromatic N) is 2. The minimum absolute atomic E-state index is 0.0560. The fraction of sp³-hybridized carbons (Fsp3) is 0.333. The van der Waals surface area contributed by atoms with E-state index in [4.69, 9.17) is 4.74 Å². The second-order valence-corrected chi connectivity index (χ2v) is 5.53. The molecule has 0 bridgehead atoms. The molecule has 2 N–H and O–H groups in total. The van der Waals surface area contributed by atoms with Crippen molar-refractivity contribution >= 4 is 11.8 Å². The first-order valence-electron chi connectivity index (χ1n) is 8.36. The van der Waals surface area contributed by atoms with Gasteiger partial charge in [-0.3, -0.25) is 14.4 Å². The minimum Gasteiger partial charge on any atom is -0.492 e. The molecule has 0 saturated carbocycles.